The third-order valence-corrected chi connectivity index (χ3v) is 9.70. The molecule has 0 aliphatic carbocycles. The maximum atomic E-state index is 4.77. The molecule has 4 aliphatic rings. The van der Waals surface area contributed by atoms with E-state index in [0.717, 1.165) is 63.1 Å². The maximum absolute atomic E-state index is 4.77. The van der Waals surface area contributed by atoms with Crippen LogP contribution in [0.25, 0.3) is 56.3 Å². The summed E-state index contributed by atoms with van der Waals surface area (Å²) in [5.41, 5.74) is 8.31. The van der Waals surface area contributed by atoms with Crippen molar-refractivity contribution in [1.29, 1.82) is 0 Å². The third kappa shape index (κ3) is 7.36. The summed E-state index contributed by atoms with van der Waals surface area (Å²) in [5, 5.41) is 2.43. The second-order valence-electron chi connectivity index (χ2n) is 12.1. The second-order valence-corrected chi connectivity index (χ2v) is 14.2. The molecule has 0 bridgehead atoms. The van der Waals surface area contributed by atoms with Gasteiger partial charge in [0.1, 0.15) is 11.4 Å². The Balaban J connectivity index is 0.000000146. The van der Waals surface area contributed by atoms with Crippen LogP contribution in [0.3, 0.4) is 0 Å². The van der Waals surface area contributed by atoms with Crippen molar-refractivity contribution in [3.05, 3.63) is 177 Å². The van der Waals surface area contributed by atoms with E-state index in [4.69, 9.17) is 9.97 Å². The minimum absolute atomic E-state index is 0.775. The lowest BCUT2D eigenvalue weighted by atomic mass is 10.1. The van der Waals surface area contributed by atoms with E-state index in [-0.39, 0.29) is 0 Å². The molecule has 0 fully saturated rings. The molecule has 0 saturated carbocycles. The summed E-state index contributed by atoms with van der Waals surface area (Å²) < 4.78 is 6.63. The monoisotopic (exact) mass is 824 g/mol. The Labute approximate surface area is 312 Å². The van der Waals surface area contributed by atoms with Gasteiger partial charge in [0.05, 0.1) is 11.4 Å². The van der Waals surface area contributed by atoms with Gasteiger partial charge < -0.3 is 9.13 Å². The molecule has 0 atom stereocenters. The first-order chi connectivity index (χ1) is 24.5. The summed E-state index contributed by atoms with van der Waals surface area (Å²) >= 11 is 5.80. The van der Waals surface area contributed by atoms with Crippen molar-refractivity contribution in [1.82, 2.24) is 29.1 Å². The van der Waals surface area contributed by atoms with Crippen LogP contribution < -0.4 is 0 Å². The fourth-order valence-corrected chi connectivity index (χ4v) is 6.50. The van der Waals surface area contributed by atoms with Crippen LogP contribution in [0.2, 0.25) is 0 Å². The molecule has 0 saturated heterocycles. The van der Waals surface area contributed by atoms with Crippen molar-refractivity contribution in [3.63, 3.8) is 0 Å². The van der Waals surface area contributed by atoms with Crippen molar-refractivity contribution in [2.45, 2.75) is 13.1 Å². The van der Waals surface area contributed by atoms with Gasteiger partial charge in [-0.2, -0.15) is 0 Å². The highest BCUT2D eigenvalue weighted by atomic mass is 127. The summed E-state index contributed by atoms with van der Waals surface area (Å²) in [4.78, 5) is 18.8. The quantitative estimate of drug-likeness (QED) is 0.157. The Morgan fingerprint density at radius 1 is 0.480 bits per heavy atom. The number of aromatic nitrogens is 6. The average molecular weight is 826 g/mol. The molecule has 0 N–H and O–H groups in total. The van der Waals surface area contributed by atoms with E-state index >= 15 is 0 Å². The highest BCUT2D eigenvalue weighted by molar-refractivity contribution is 14.1. The van der Waals surface area contributed by atoms with E-state index < -0.39 is 0 Å². The SMILES string of the molecule is Brc1ccc(Cn2ccc3nc(-c4ccc5ccccc5c4)nc-3c2)cc1.Ic1ccc(Cn2ccc3nc(-c4ccccc4)nc-3c2)cc1. The summed E-state index contributed by atoms with van der Waals surface area (Å²) in [7, 11) is 0. The van der Waals surface area contributed by atoms with Crippen molar-refractivity contribution in [3.8, 4) is 45.6 Å². The number of fused-ring (bicyclic) bond motifs is 3. The van der Waals surface area contributed by atoms with Crippen LogP contribution in [0.4, 0.5) is 0 Å². The predicted molar refractivity (Wildman–Crippen MR) is 213 cm³/mol. The lowest BCUT2D eigenvalue weighted by Crippen LogP contribution is -2.00. The highest BCUT2D eigenvalue weighted by Gasteiger charge is 2.14. The van der Waals surface area contributed by atoms with Crippen LogP contribution in [-0.4, -0.2) is 29.1 Å². The number of nitrogens with zero attached hydrogens (tertiary/aromatic N) is 6. The Hall–Kier alpha value is -5.19. The molecular formula is C42H30BrIN6. The van der Waals surface area contributed by atoms with Crippen molar-refractivity contribution >= 4 is 49.3 Å². The van der Waals surface area contributed by atoms with Gasteiger partial charge in [0, 0.05) is 57.0 Å². The van der Waals surface area contributed by atoms with E-state index in [0.29, 0.717) is 0 Å². The Kier molecular flexibility index (Phi) is 9.19. The van der Waals surface area contributed by atoms with Gasteiger partial charge in [-0.25, -0.2) is 19.9 Å². The fourth-order valence-electron chi connectivity index (χ4n) is 5.88. The number of imidazole rings is 2. The number of benzene rings is 5. The smallest absolute Gasteiger partial charge is 0.160 e. The molecule has 0 unspecified atom stereocenters. The summed E-state index contributed by atoms with van der Waals surface area (Å²) in [5.74, 6) is 1.56. The molecule has 5 aromatic rings. The van der Waals surface area contributed by atoms with Gasteiger partial charge in [-0.1, -0.05) is 107 Å². The van der Waals surface area contributed by atoms with Gasteiger partial charge in [-0.3, -0.25) is 0 Å². The fraction of sp³-hybridized carbons (Fsp3) is 0.0476. The minimum atomic E-state index is 0.775. The topological polar surface area (TPSA) is 61.4 Å². The second kappa shape index (κ2) is 14.3. The molecule has 0 radical (unpaired) electrons. The van der Waals surface area contributed by atoms with Crippen LogP contribution in [0.15, 0.2) is 163 Å². The summed E-state index contributed by atoms with van der Waals surface area (Å²) in [6, 6.07) is 45.8. The predicted octanol–water partition coefficient (Wildman–Crippen LogP) is 10.7. The van der Waals surface area contributed by atoms with Crippen molar-refractivity contribution in [2.24, 2.45) is 0 Å². The number of halogens is 2. The molecule has 0 spiro atoms. The van der Waals surface area contributed by atoms with Crippen LogP contribution >= 0.6 is 38.5 Å². The van der Waals surface area contributed by atoms with Crippen LogP contribution in [0.5, 0.6) is 0 Å². The lowest BCUT2D eigenvalue weighted by molar-refractivity contribution is 0.789. The molecule has 4 aliphatic heterocycles. The van der Waals surface area contributed by atoms with Crippen molar-refractivity contribution < 1.29 is 0 Å². The zero-order chi connectivity index (χ0) is 33.9. The summed E-state index contributed by atoms with van der Waals surface area (Å²) in [6.45, 7) is 1.64. The van der Waals surface area contributed by atoms with Gasteiger partial charge in [0.15, 0.2) is 11.6 Å². The maximum Gasteiger partial charge on any atom is 0.160 e. The first kappa shape index (κ1) is 32.0. The number of pyridine rings is 2. The first-order valence-electron chi connectivity index (χ1n) is 16.2. The number of hydrogen-bond acceptors (Lipinski definition) is 4. The normalized spacial score (nSPS) is 11.2. The van der Waals surface area contributed by atoms with Gasteiger partial charge in [0.2, 0.25) is 0 Å². The van der Waals surface area contributed by atoms with E-state index in [1.54, 1.807) is 0 Å². The lowest BCUT2D eigenvalue weighted by Gasteiger charge is -2.08. The zero-order valence-corrected chi connectivity index (χ0v) is 30.6. The molecule has 6 nitrogen and oxygen atoms in total. The van der Waals surface area contributed by atoms with Gasteiger partial charge in [-0.05, 0) is 87.0 Å². The molecule has 9 rings (SSSR count). The summed E-state index contributed by atoms with van der Waals surface area (Å²) in [6.07, 6.45) is 8.24. The molecule has 4 heterocycles. The molecule has 0 aromatic heterocycles. The standard InChI is InChI=1S/C23H16BrN3.C19H14IN3/c24-20-9-5-16(6-10-20)14-27-12-11-21-22(15-27)26-23(25-21)19-8-7-17-3-1-2-4-18(17)13-19;20-16-8-6-14(7-9-16)12-23-11-10-17-18(13-23)22-19(21-17)15-4-2-1-3-5-15/h1-13,15H,14H2;1-11,13H,12H2. The van der Waals surface area contributed by atoms with Crippen LogP contribution in [-0.2, 0) is 13.1 Å². The Morgan fingerprint density at radius 3 is 1.62 bits per heavy atom. The number of rotatable bonds is 6. The van der Waals surface area contributed by atoms with Crippen molar-refractivity contribution in [2.75, 3.05) is 0 Å². The van der Waals surface area contributed by atoms with E-state index in [1.165, 1.54) is 25.5 Å². The largest absolute Gasteiger partial charge is 0.348 e. The minimum Gasteiger partial charge on any atom is -0.348 e. The third-order valence-electron chi connectivity index (χ3n) is 8.45. The number of hydrogen-bond donors (Lipinski definition) is 0. The molecular weight excluding hydrogens is 795 g/mol. The zero-order valence-electron chi connectivity index (χ0n) is 26.9. The molecule has 50 heavy (non-hydrogen) atoms. The molecule has 8 heteroatoms. The van der Waals surface area contributed by atoms with Crippen LogP contribution in [0.1, 0.15) is 11.1 Å². The molecule has 242 valence electrons. The Bertz CT molecular complexity index is 2450. The average Bonchev–Trinajstić information content (AvgIpc) is 3.78. The molecule has 0 amide bonds. The first-order valence-corrected chi connectivity index (χ1v) is 18.1. The highest BCUT2D eigenvalue weighted by Crippen LogP contribution is 2.28. The molecule has 5 aromatic carbocycles. The van der Waals surface area contributed by atoms with E-state index in [2.05, 4.69) is 173 Å². The van der Waals surface area contributed by atoms with Gasteiger partial charge >= 0.3 is 0 Å². The van der Waals surface area contributed by atoms with Gasteiger partial charge in [-0.15, -0.1) is 0 Å². The Morgan fingerprint density at radius 2 is 1.00 bits per heavy atom. The van der Waals surface area contributed by atoms with Gasteiger partial charge in [0.25, 0.3) is 0 Å². The van der Waals surface area contributed by atoms with Crippen LogP contribution in [0, 0.1) is 3.57 Å². The van der Waals surface area contributed by atoms with E-state index in [9.17, 15) is 0 Å². The van der Waals surface area contributed by atoms with E-state index in [1.807, 2.05) is 42.5 Å².